The van der Waals surface area contributed by atoms with Crippen LogP contribution in [0.4, 0.5) is 17.6 Å². The van der Waals surface area contributed by atoms with Gasteiger partial charge in [-0.15, -0.1) is 0 Å². The first-order valence-corrected chi connectivity index (χ1v) is 15.9. The second-order valence-corrected chi connectivity index (χ2v) is 11.5. The lowest BCUT2D eigenvalue weighted by Crippen LogP contribution is -2.21. The Kier molecular flexibility index (Phi) is 12.7. The van der Waals surface area contributed by atoms with Crippen LogP contribution in [0, 0.1) is 29.2 Å². The molecule has 0 saturated carbocycles. The highest BCUT2D eigenvalue weighted by molar-refractivity contribution is 5.71. The lowest BCUT2D eigenvalue weighted by molar-refractivity contribution is -0.0210. The van der Waals surface area contributed by atoms with Gasteiger partial charge in [-0.3, -0.25) is 0 Å². The van der Waals surface area contributed by atoms with E-state index in [1.54, 1.807) is 36.4 Å². The van der Waals surface area contributed by atoms with E-state index in [4.69, 9.17) is 9.47 Å². The third kappa shape index (κ3) is 8.72. The Labute approximate surface area is 254 Å². The quantitative estimate of drug-likeness (QED) is 0.0987. The fourth-order valence-electron chi connectivity index (χ4n) is 5.75. The summed E-state index contributed by atoms with van der Waals surface area (Å²) in [5.74, 6) is -3.55. The van der Waals surface area contributed by atoms with Crippen LogP contribution < -0.4 is 4.74 Å². The molecule has 0 aromatic heterocycles. The molecular formula is C37H44F4O2. The van der Waals surface area contributed by atoms with Gasteiger partial charge in [-0.05, 0) is 68.2 Å². The van der Waals surface area contributed by atoms with Gasteiger partial charge in [0.25, 0.3) is 0 Å². The molecule has 0 radical (unpaired) electrons. The molecule has 1 aliphatic heterocycles. The molecule has 2 nitrogen and oxygen atoms in total. The average Bonchev–Trinajstić information content (AvgIpc) is 3.02. The van der Waals surface area contributed by atoms with E-state index in [9.17, 15) is 8.78 Å². The molecule has 1 fully saturated rings. The van der Waals surface area contributed by atoms with Crippen LogP contribution in [0.2, 0.25) is 0 Å². The number of hydrogen-bond donors (Lipinski definition) is 0. The van der Waals surface area contributed by atoms with Crippen molar-refractivity contribution in [2.75, 3.05) is 13.2 Å². The van der Waals surface area contributed by atoms with Gasteiger partial charge in [0.1, 0.15) is 0 Å². The van der Waals surface area contributed by atoms with Crippen molar-refractivity contribution in [1.82, 2.24) is 0 Å². The minimum Gasteiger partial charge on any atom is -0.490 e. The molecule has 3 aromatic rings. The Balaban J connectivity index is 1.37. The Hall–Kier alpha value is -3.12. The van der Waals surface area contributed by atoms with Crippen LogP contribution >= 0.6 is 0 Å². The monoisotopic (exact) mass is 596 g/mol. The van der Waals surface area contributed by atoms with E-state index in [0.29, 0.717) is 36.7 Å². The first kappa shape index (κ1) is 32.8. The number of ether oxygens (including phenoxy) is 2. The van der Waals surface area contributed by atoms with E-state index < -0.39 is 29.4 Å². The minimum atomic E-state index is -1.03. The van der Waals surface area contributed by atoms with Gasteiger partial charge < -0.3 is 9.47 Å². The standard InChI is InChI=1S/C37H44F4O2/c1-3-5-7-8-9-10-12-24-42-33-23-21-30(35(39)37(33)41)28-17-15-27(16-18-28)29-19-20-31(36(40)34(29)38)32-22-14-26(25-43-32)13-11-6-4-2/h4,6,15-21,23,26,32H,3,5,7-14,22,24-25H2,1-2H3. The van der Waals surface area contributed by atoms with Gasteiger partial charge in [0.05, 0.1) is 19.3 Å². The van der Waals surface area contributed by atoms with Crippen molar-refractivity contribution >= 4 is 0 Å². The van der Waals surface area contributed by atoms with Crippen LogP contribution in [-0.2, 0) is 4.74 Å². The van der Waals surface area contributed by atoms with Crippen molar-refractivity contribution in [2.24, 2.45) is 5.92 Å². The molecule has 232 valence electrons. The maximum Gasteiger partial charge on any atom is 0.201 e. The Morgan fingerprint density at radius 3 is 2.00 bits per heavy atom. The van der Waals surface area contributed by atoms with Gasteiger partial charge in [-0.1, -0.05) is 94.0 Å². The lowest BCUT2D eigenvalue weighted by atomic mass is 9.90. The fourth-order valence-corrected chi connectivity index (χ4v) is 5.75. The van der Waals surface area contributed by atoms with Crippen molar-refractivity contribution in [2.45, 2.75) is 90.6 Å². The smallest absolute Gasteiger partial charge is 0.201 e. The predicted octanol–water partition coefficient (Wildman–Crippen LogP) is 11.5. The number of hydrogen-bond acceptors (Lipinski definition) is 2. The molecule has 0 amide bonds. The number of rotatable bonds is 15. The summed E-state index contributed by atoms with van der Waals surface area (Å²) in [6, 6.07) is 12.4. The third-order valence-corrected chi connectivity index (χ3v) is 8.37. The summed E-state index contributed by atoms with van der Waals surface area (Å²) >= 11 is 0. The highest BCUT2D eigenvalue weighted by Crippen LogP contribution is 2.37. The van der Waals surface area contributed by atoms with Gasteiger partial charge in [0.2, 0.25) is 5.82 Å². The maximum absolute atomic E-state index is 15.2. The van der Waals surface area contributed by atoms with E-state index in [2.05, 4.69) is 13.0 Å². The molecule has 0 N–H and O–H groups in total. The Bertz CT molecular complexity index is 1330. The van der Waals surface area contributed by atoms with Crippen LogP contribution in [0.3, 0.4) is 0 Å². The zero-order chi connectivity index (χ0) is 30.6. The molecule has 1 heterocycles. The van der Waals surface area contributed by atoms with E-state index in [0.717, 1.165) is 38.5 Å². The molecule has 6 heteroatoms. The van der Waals surface area contributed by atoms with Gasteiger partial charge in [-0.25, -0.2) is 13.2 Å². The lowest BCUT2D eigenvalue weighted by Gasteiger charge is -2.29. The summed E-state index contributed by atoms with van der Waals surface area (Å²) < 4.78 is 71.6. The first-order chi connectivity index (χ1) is 20.9. The highest BCUT2D eigenvalue weighted by Gasteiger charge is 2.27. The third-order valence-electron chi connectivity index (χ3n) is 8.37. The molecule has 2 unspecified atom stereocenters. The Morgan fingerprint density at radius 1 is 0.744 bits per heavy atom. The van der Waals surface area contributed by atoms with Gasteiger partial charge in [0.15, 0.2) is 23.2 Å². The zero-order valence-corrected chi connectivity index (χ0v) is 25.4. The molecule has 1 saturated heterocycles. The van der Waals surface area contributed by atoms with E-state index in [-0.39, 0.29) is 22.4 Å². The zero-order valence-electron chi connectivity index (χ0n) is 25.4. The van der Waals surface area contributed by atoms with Gasteiger partial charge in [-0.2, -0.15) is 4.39 Å². The molecule has 0 bridgehead atoms. The van der Waals surface area contributed by atoms with Crippen molar-refractivity contribution in [3.05, 3.63) is 89.5 Å². The van der Waals surface area contributed by atoms with E-state index in [1.807, 2.05) is 13.0 Å². The van der Waals surface area contributed by atoms with E-state index >= 15 is 8.78 Å². The molecule has 2 atom stereocenters. The number of benzene rings is 3. The Morgan fingerprint density at radius 2 is 1.37 bits per heavy atom. The molecular weight excluding hydrogens is 552 g/mol. The van der Waals surface area contributed by atoms with Crippen LogP contribution in [-0.4, -0.2) is 13.2 Å². The van der Waals surface area contributed by atoms with Gasteiger partial charge in [0, 0.05) is 16.7 Å². The summed E-state index contributed by atoms with van der Waals surface area (Å²) in [5, 5.41) is 0. The van der Waals surface area contributed by atoms with Crippen molar-refractivity contribution in [1.29, 1.82) is 0 Å². The van der Waals surface area contributed by atoms with Crippen molar-refractivity contribution < 1.29 is 27.0 Å². The summed E-state index contributed by atoms with van der Waals surface area (Å²) in [5.41, 5.74) is 1.28. The van der Waals surface area contributed by atoms with E-state index in [1.165, 1.54) is 37.8 Å². The van der Waals surface area contributed by atoms with Crippen molar-refractivity contribution in [3.63, 3.8) is 0 Å². The number of allylic oxidation sites excluding steroid dienone is 2. The molecule has 43 heavy (non-hydrogen) atoms. The van der Waals surface area contributed by atoms with Crippen LogP contribution in [0.15, 0.2) is 60.7 Å². The predicted molar refractivity (Wildman–Crippen MR) is 166 cm³/mol. The molecule has 4 rings (SSSR count). The minimum absolute atomic E-state index is 0.0767. The first-order valence-electron chi connectivity index (χ1n) is 15.9. The largest absolute Gasteiger partial charge is 0.490 e. The SMILES string of the molecule is CC=CCCC1CCC(c2ccc(-c3ccc(-c4ccc(OCCCCCCCCC)c(F)c4F)cc3)c(F)c2F)OC1. The average molecular weight is 597 g/mol. The second kappa shape index (κ2) is 16.7. The topological polar surface area (TPSA) is 18.5 Å². The summed E-state index contributed by atoms with van der Waals surface area (Å²) in [6.45, 7) is 5.05. The summed E-state index contributed by atoms with van der Waals surface area (Å²) in [7, 11) is 0. The molecule has 0 spiro atoms. The van der Waals surface area contributed by atoms with Crippen molar-refractivity contribution in [3.8, 4) is 28.0 Å². The summed E-state index contributed by atoms with van der Waals surface area (Å²) in [4.78, 5) is 0. The number of unbranched alkanes of at least 4 members (excludes halogenated alkanes) is 6. The normalized spacial score (nSPS) is 17.1. The van der Waals surface area contributed by atoms with Crippen LogP contribution in [0.5, 0.6) is 5.75 Å². The number of halogens is 4. The molecule has 0 aliphatic carbocycles. The second-order valence-electron chi connectivity index (χ2n) is 11.5. The fraction of sp³-hybridized carbons (Fsp3) is 0.459. The van der Waals surface area contributed by atoms with Crippen LogP contribution in [0.1, 0.15) is 96.1 Å². The molecule has 3 aromatic carbocycles. The van der Waals surface area contributed by atoms with Gasteiger partial charge >= 0.3 is 0 Å². The highest BCUT2D eigenvalue weighted by atomic mass is 19.2. The molecule has 1 aliphatic rings. The van der Waals surface area contributed by atoms with Crippen LogP contribution in [0.25, 0.3) is 22.3 Å². The maximum atomic E-state index is 15.2. The summed E-state index contributed by atoms with van der Waals surface area (Å²) in [6.07, 6.45) is 15.0.